The molecule has 0 unspecified atom stereocenters. The van der Waals surface area contributed by atoms with Gasteiger partial charge in [-0.25, -0.2) is 12.7 Å². The van der Waals surface area contributed by atoms with Gasteiger partial charge in [-0.2, -0.15) is 5.10 Å². The number of nitrogens with zero attached hydrogens (tertiary/aromatic N) is 4. The molecule has 1 saturated heterocycles. The minimum absolute atomic E-state index is 0.151. The fourth-order valence-electron chi connectivity index (χ4n) is 2.49. The topological polar surface area (TPSA) is 102 Å². The van der Waals surface area contributed by atoms with E-state index in [9.17, 15) is 13.2 Å². The van der Waals surface area contributed by atoms with Crippen molar-refractivity contribution < 1.29 is 13.2 Å². The molecule has 0 bridgehead atoms. The zero-order valence-corrected chi connectivity index (χ0v) is 13.1. The maximum Gasteiger partial charge on any atom is 0.223 e. The summed E-state index contributed by atoms with van der Waals surface area (Å²) in [6, 6.07) is 0. The van der Waals surface area contributed by atoms with Gasteiger partial charge < -0.3 is 5.73 Å². The van der Waals surface area contributed by atoms with Gasteiger partial charge in [0, 0.05) is 51.5 Å². The van der Waals surface area contributed by atoms with E-state index in [-0.39, 0.29) is 6.54 Å². The van der Waals surface area contributed by atoms with Crippen LogP contribution < -0.4 is 5.73 Å². The zero-order valence-electron chi connectivity index (χ0n) is 12.3. The Morgan fingerprint density at radius 2 is 2.14 bits per heavy atom. The van der Waals surface area contributed by atoms with Crippen LogP contribution in [0.1, 0.15) is 5.56 Å². The van der Waals surface area contributed by atoms with Crippen molar-refractivity contribution in [2.75, 3.05) is 32.4 Å². The summed E-state index contributed by atoms with van der Waals surface area (Å²) in [7, 11) is -1.49. The molecule has 0 aliphatic carbocycles. The molecule has 1 atom stereocenters. The van der Waals surface area contributed by atoms with Gasteiger partial charge in [-0.1, -0.05) is 0 Å². The lowest BCUT2D eigenvalue weighted by atomic mass is 10.1. The van der Waals surface area contributed by atoms with Crippen molar-refractivity contribution in [2.24, 2.45) is 18.7 Å². The summed E-state index contributed by atoms with van der Waals surface area (Å²) in [6.07, 6.45) is 4.82. The van der Waals surface area contributed by atoms with Crippen molar-refractivity contribution >= 4 is 15.9 Å². The molecule has 1 amide bonds. The summed E-state index contributed by atoms with van der Waals surface area (Å²) in [5, 5.41) is 4.11. The largest absolute Gasteiger partial charge is 0.369 e. The Bertz CT molecular complexity index is 612. The summed E-state index contributed by atoms with van der Waals surface area (Å²) >= 11 is 0. The van der Waals surface area contributed by atoms with E-state index >= 15 is 0 Å². The number of aromatic nitrogens is 2. The quantitative estimate of drug-likeness (QED) is 0.736. The molecule has 9 heteroatoms. The molecular formula is C12H21N5O3S. The van der Waals surface area contributed by atoms with Crippen LogP contribution in [0.4, 0.5) is 0 Å². The fourth-order valence-corrected chi connectivity index (χ4v) is 3.35. The Kier molecular flexibility index (Phi) is 4.64. The van der Waals surface area contributed by atoms with Crippen LogP contribution in [0.25, 0.3) is 0 Å². The first-order chi connectivity index (χ1) is 9.75. The highest BCUT2D eigenvalue weighted by Gasteiger charge is 2.30. The van der Waals surface area contributed by atoms with Crippen LogP contribution >= 0.6 is 0 Å². The number of rotatable bonds is 4. The van der Waals surface area contributed by atoms with Crippen molar-refractivity contribution in [2.45, 2.75) is 6.54 Å². The summed E-state index contributed by atoms with van der Waals surface area (Å²) in [5.74, 6) is -0.972. The molecule has 0 saturated carbocycles. The minimum atomic E-state index is -3.33. The maximum absolute atomic E-state index is 11.7. The van der Waals surface area contributed by atoms with Gasteiger partial charge in [-0.3, -0.25) is 14.4 Å². The van der Waals surface area contributed by atoms with Crippen molar-refractivity contribution in [3.8, 4) is 0 Å². The van der Waals surface area contributed by atoms with Crippen LogP contribution in [0.3, 0.4) is 0 Å². The third-order valence-corrected chi connectivity index (χ3v) is 4.87. The normalized spacial score (nSPS) is 22.1. The van der Waals surface area contributed by atoms with Gasteiger partial charge >= 0.3 is 0 Å². The van der Waals surface area contributed by atoms with Gasteiger partial charge in [-0.05, 0) is 0 Å². The van der Waals surface area contributed by atoms with Crippen LogP contribution in [0.15, 0.2) is 12.4 Å². The van der Waals surface area contributed by atoms with Crippen molar-refractivity contribution in [1.29, 1.82) is 0 Å². The molecule has 0 aromatic carbocycles. The average molecular weight is 315 g/mol. The highest BCUT2D eigenvalue weighted by Crippen LogP contribution is 2.14. The average Bonchev–Trinajstić information content (AvgIpc) is 2.63. The van der Waals surface area contributed by atoms with Crippen LogP contribution in [0.2, 0.25) is 0 Å². The van der Waals surface area contributed by atoms with E-state index < -0.39 is 21.8 Å². The Hall–Kier alpha value is -1.45. The van der Waals surface area contributed by atoms with E-state index in [0.717, 1.165) is 11.8 Å². The molecule has 2 heterocycles. The molecule has 1 aliphatic rings. The van der Waals surface area contributed by atoms with Gasteiger partial charge in [0.15, 0.2) is 0 Å². The van der Waals surface area contributed by atoms with Gasteiger partial charge in [0.25, 0.3) is 0 Å². The first-order valence-corrected chi connectivity index (χ1v) is 8.55. The molecule has 1 aromatic heterocycles. The molecule has 21 heavy (non-hydrogen) atoms. The monoisotopic (exact) mass is 315 g/mol. The fraction of sp³-hybridized carbons (Fsp3) is 0.667. The Labute approximate surface area is 124 Å². The molecule has 0 spiro atoms. The number of hydrogen-bond acceptors (Lipinski definition) is 5. The molecule has 118 valence electrons. The summed E-state index contributed by atoms with van der Waals surface area (Å²) in [6.45, 7) is 2.15. The molecule has 2 rings (SSSR count). The maximum atomic E-state index is 11.7. The third-order valence-electron chi connectivity index (χ3n) is 3.60. The van der Waals surface area contributed by atoms with Crippen molar-refractivity contribution in [1.82, 2.24) is 19.0 Å². The van der Waals surface area contributed by atoms with Gasteiger partial charge in [0.05, 0.1) is 18.4 Å². The number of nitrogens with two attached hydrogens (primary N) is 1. The van der Waals surface area contributed by atoms with Crippen LogP contribution in [-0.4, -0.2) is 65.7 Å². The van der Waals surface area contributed by atoms with Gasteiger partial charge in [0.1, 0.15) is 0 Å². The number of hydrogen-bond donors (Lipinski definition) is 1. The minimum Gasteiger partial charge on any atom is -0.369 e. The molecule has 2 N–H and O–H groups in total. The highest BCUT2D eigenvalue weighted by molar-refractivity contribution is 7.88. The second kappa shape index (κ2) is 6.12. The lowest BCUT2D eigenvalue weighted by molar-refractivity contribution is -0.122. The van der Waals surface area contributed by atoms with E-state index in [1.54, 1.807) is 10.9 Å². The number of sulfonamides is 1. The van der Waals surface area contributed by atoms with E-state index in [2.05, 4.69) is 5.10 Å². The number of carbonyl (C=O) groups is 1. The number of carbonyl (C=O) groups excluding carboxylic acids is 1. The van der Waals surface area contributed by atoms with Crippen LogP contribution in [0, 0.1) is 5.92 Å². The Morgan fingerprint density at radius 3 is 2.67 bits per heavy atom. The summed E-state index contributed by atoms with van der Waals surface area (Å²) < 4.78 is 26.5. The number of primary amides is 1. The molecule has 1 aliphatic heterocycles. The number of aryl methyl sites for hydroxylation is 1. The lowest BCUT2D eigenvalue weighted by Crippen LogP contribution is -2.40. The standard InChI is InChI=1S/C12H21N5O3S/c1-15-6-10(5-14-15)7-16-3-4-17(21(2,19)20)9-11(8-16)12(13)18/h5-6,11H,3-4,7-9H2,1-2H3,(H2,13,18)/t11-/m1/s1. The van der Waals surface area contributed by atoms with Crippen LogP contribution in [-0.2, 0) is 28.4 Å². The second-order valence-electron chi connectivity index (χ2n) is 5.48. The number of amides is 1. The zero-order chi connectivity index (χ0) is 15.6. The molecule has 1 aromatic rings. The first-order valence-electron chi connectivity index (χ1n) is 6.70. The first kappa shape index (κ1) is 15.9. The second-order valence-corrected chi connectivity index (χ2v) is 7.46. The van der Waals surface area contributed by atoms with E-state index in [0.29, 0.717) is 26.2 Å². The van der Waals surface area contributed by atoms with E-state index in [4.69, 9.17) is 5.73 Å². The Balaban J connectivity index is 2.12. The smallest absolute Gasteiger partial charge is 0.223 e. The lowest BCUT2D eigenvalue weighted by Gasteiger charge is -2.21. The summed E-state index contributed by atoms with van der Waals surface area (Å²) in [5.41, 5.74) is 6.42. The molecule has 0 radical (unpaired) electrons. The molecule has 8 nitrogen and oxygen atoms in total. The molecule has 1 fully saturated rings. The van der Waals surface area contributed by atoms with Crippen LogP contribution in [0.5, 0.6) is 0 Å². The predicted octanol–water partition coefficient (Wildman–Crippen LogP) is -1.40. The SMILES string of the molecule is Cn1cc(CN2CCN(S(C)(=O)=O)C[C@H](C(N)=O)C2)cn1. The van der Waals surface area contributed by atoms with Gasteiger partial charge in [-0.15, -0.1) is 0 Å². The van der Waals surface area contributed by atoms with Crippen molar-refractivity contribution in [3.63, 3.8) is 0 Å². The highest BCUT2D eigenvalue weighted by atomic mass is 32.2. The summed E-state index contributed by atoms with van der Waals surface area (Å²) in [4.78, 5) is 13.6. The van der Waals surface area contributed by atoms with E-state index in [1.807, 2.05) is 18.1 Å². The Morgan fingerprint density at radius 1 is 1.43 bits per heavy atom. The van der Waals surface area contributed by atoms with Gasteiger partial charge in [0.2, 0.25) is 15.9 Å². The van der Waals surface area contributed by atoms with Crippen molar-refractivity contribution in [3.05, 3.63) is 18.0 Å². The third kappa shape index (κ3) is 4.26. The molecular weight excluding hydrogens is 294 g/mol. The predicted molar refractivity (Wildman–Crippen MR) is 77.6 cm³/mol. The van der Waals surface area contributed by atoms with E-state index in [1.165, 1.54) is 4.31 Å².